The van der Waals surface area contributed by atoms with E-state index in [1.165, 1.54) is 0 Å². The van der Waals surface area contributed by atoms with Gasteiger partial charge in [0.25, 0.3) is 0 Å². The maximum Gasteiger partial charge on any atom is 0.161 e. The maximum absolute atomic E-state index is 4.67. The quantitative estimate of drug-likeness (QED) is 0.849. The summed E-state index contributed by atoms with van der Waals surface area (Å²) < 4.78 is 0. The number of thioether (sulfide) groups is 1. The first-order valence-electron chi connectivity index (χ1n) is 5.97. The summed E-state index contributed by atoms with van der Waals surface area (Å²) in [6, 6.07) is 10.1. The molecule has 4 heteroatoms. The molecule has 1 aliphatic heterocycles. The molecule has 0 radical (unpaired) electrons. The van der Waals surface area contributed by atoms with Crippen LogP contribution in [0.5, 0.6) is 0 Å². The fraction of sp³-hybridized carbons (Fsp3) is 0.286. The van der Waals surface area contributed by atoms with Gasteiger partial charge in [0.05, 0.1) is 11.1 Å². The predicted molar refractivity (Wildman–Crippen MR) is 79.3 cm³/mol. The zero-order chi connectivity index (χ0) is 12.6. The highest BCUT2D eigenvalue weighted by atomic mass is 32.2. The van der Waals surface area contributed by atoms with Crippen LogP contribution in [0.4, 0.5) is 5.69 Å². The Morgan fingerprint density at radius 3 is 2.89 bits per heavy atom. The number of aliphatic imine (C=N–C) groups is 1. The number of nitrogens with one attached hydrogen (secondary N) is 1. The second kappa shape index (κ2) is 4.28. The molecule has 0 spiro atoms. The molecule has 1 aliphatic rings. The Morgan fingerprint density at radius 1 is 1.22 bits per heavy atom. The summed E-state index contributed by atoms with van der Waals surface area (Å²) in [7, 11) is 0. The van der Waals surface area contributed by atoms with Gasteiger partial charge in [-0.3, -0.25) is 9.98 Å². The van der Waals surface area contributed by atoms with E-state index in [0.29, 0.717) is 0 Å². The fourth-order valence-corrected chi connectivity index (χ4v) is 3.02. The van der Waals surface area contributed by atoms with Crippen molar-refractivity contribution in [1.29, 1.82) is 0 Å². The van der Waals surface area contributed by atoms with E-state index >= 15 is 0 Å². The van der Waals surface area contributed by atoms with Crippen molar-refractivity contribution in [3.63, 3.8) is 0 Å². The lowest BCUT2D eigenvalue weighted by Gasteiger charge is -2.10. The highest BCUT2D eigenvalue weighted by Crippen LogP contribution is 2.29. The van der Waals surface area contributed by atoms with Gasteiger partial charge in [-0.05, 0) is 38.1 Å². The van der Waals surface area contributed by atoms with E-state index in [-0.39, 0.29) is 5.54 Å². The van der Waals surface area contributed by atoms with E-state index in [1.54, 1.807) is 11.8 Å². The number of benzene rings is 1. The summed E-state index contributed by atoms with van der Waals surface area (Å²) in [6.07, 6.45) is 1.82. The molecule has 1 N–H and O–H groups in total. The molecule has 0 atom stereocenters. The molecule has 92 valence electrons. The Bertz CT molecular complexity index is 614. The molecular formula is C14H15N3S. The number of amidine groups is 1. The highest BCUT2D eigenvalue weighted by molar-refractivity contribution is 8.14. The first-order chi connectivity index (χ1) is 8.64. The number of anilines is 1. The molecule has 3 nitrogen and oxygen atoms in total. The molecule has 2 aromatic rings. The van der Waals surface area contributed by atoms with E-state index in [2.05, 4.69) is 41.3 Å². The van der Waals surface area contributed by atoms with Crippen LogP contribution in [0, 0.1) is 0 Å². The average Bonchev–Trinajstić information content (AvgIpc) is 2.69. The molecule has 1 aromatic heterocycles. The van der Waals surface area contributed by atoms with E-state index in [1.807, 2.05) is 24.4 Å². The topological polar surface area (TPSA) is 37.3 Å². The van der Waals surface area contributed by atoms with Crippen molar-refractivity contribution in [2.45, 2.75) is 19.4 Å². The SMILES string of the molecule is CC1(C)CSC(Nc2cccc3ncccc23)=N1. The monoisotopic (exact) mass is 257 g/mol. The standard InChI is InChI=1S/C14H15N3S/c1-14(2)9-18-13(17-14)16-12-7-3-6-11-10(12)5-4-8-15-11/h3-8H,9H2,1-2H3,(H,16,17). The Morgan fingerprint density at radius 2 is 2.11 bits per heavy atom. The van der Waals surface area contributed by atoms with Crippen LogP contribution in [-0.2, 0) is 0 Å². The lowest BCUT2D eigenvalue weighted by atomic mass is 10.1. The van der Waals surface area contributed by atoms with E-state index in [4.69, 9.17) is 0 Å². The molecule has 0 saturated heterocycles. The summed E-state index contributed by atoms with van der Waals surface area (Å²) in [4.78, 5) is 9.03. The number of pyridine rings is 1. The van der Waals surface area contributed by atoms with Crippen molar-refractivity contribution in [2.75, 3.05) is 11.1 Å². The molecule has 0 bridgehead atoms. The van der Waals surface area contributed by atoms with Crippen LogP contribution in [-0.4, -0.2) is 21.4 Å². The Labute approximate surface area is 111 Å². The van der Waals surface area contributed by atoms with Crippen molar-refractivity contribution < 1.29 is 0 Å². The number of fused-ring (bicyclic) bond motifs is 1. The minimum Gasteiger partial charge on any atom is -0.334 e. The third-order valence-electron chi connectivity index (χ3n) is 2.85. The Hall–Kier alpha value is -1.55. The van der Waals surface area contributed by atoms with E-state index in [9.17, 15) is 0 Å². The van der Waals surface area contributed by atoms with Gasteiger partial charge in [0.2, 0.25) is 0 Å². The minimum absolute atomic E-state index is 0.0375. The van der Waals surface area contributed by atoms with Gasteiger partial charge >= 0.3 is 0 Å². The van der Waals surface area contributed by atoms with Crippen LogP contribution in [0.3, 0.4) is 0 Å². The van der Waals surface area contributed by atoms with Crippen LogP contribution >= 0.6 is 11.8 Å². The molecule has 3 rings (SSSR count). The van der Waals surface area contributed by atoms with Crippen molar-refractivity contribution in [1.82, 2.24) is 4.98 Å². The molecule has 0 fully saturated rings. The Kier molecular flexibility index (Phi) is 2.74. The van der Waals surface area contributed by atoms with Gasteiger partial charge in [0, 0.05) is 23.0 Å². The summed E-state index contributed by atoms with van der Waals surface area (Å²) in [5, 5.41) is 5.54. The lowest BCUT2D eigenvalue weighted by Crippen LogP contribution is -2.15. The van der Waals surface area contributed by atoms with Gasteiger partial charge in [-0.1, -0.05) is 17.8 Å². The molecule has 0 saturated carbocycles. The number of rotatable bonds is 1. The maximum atomic E-state index is 4.67. The number of hydrogen-bond acceptors (Lipinski definition) is 4. The normalized spacial score (nSPS) is 17.8. The molecule has 18 heavy (non-hydrogen) atoms. The summed E-state index contributed by atoms with van der Waals surface area (Å²) >= 11 is 1.77. The third-order valence-corrected chi connectivity index (χ3v) is 4.17. The van der Waals surface area contributed by atoms with Crippen LogP contribution in [0.1, 0.15) is 13.8 Å². The van der Waals surface area contributed by atoms with E-state index in [0.717, 1.165) is 27.5 Å². The second-order valence-corrected chi connectivity index (χ2v) is 5.98. The summed E-state index contributed by atoms with van der Waals surface area (Å²) in [5.41, 5.74) is 2.12. The molecule has 1 aromatic carbocycles. The van der Waals surface area contributed by atoms with Gasteiger partial charge in [0.15, 0.2) is 5.17 Å². The van der Waals surface area contributed by atoms with Gasteiger partial charge in [-0.15, -0.1) is 0 Å². The third kappa shape index (κ3) is 2.20. The zero-order valence-corrected chi connectivity index (χ0v) is 11.3. The number of nitrogens with zero attached hydrogens (tertiary/aromatic N) is 2. The van der Waals surface area contributed by atoms with E-state index < -0.39 is 0 Å². The van der Waals surface area contributed by atoms with Crippen LogP contribution in [0.15, 0.2) is 41.5 Å². The van der Waals surface area contributed by atoms with Gasteiger partial charge in [-0.25, -0.2) is 0 Å². The fourth-order valence-electron chi connectivity index (χ4n) is 1.98. The molecule has 0 amide bonds. The van der Waals surface area contributed by atoms with Gasteiger partial charge in [0.1, 0.15) is 0 Å². The van der Waals surface area contributed by atoms with Gasteiger partial charge in [-0.2, -0.15) is 0 Å². The molecule has 2 heterocycles. The first kappa shape index (κ1) is 11.5. The number of hydrogen-bond donors (Lipinski definition) is 1. The largest absolute Gasteiger partial charge is 0.334 e. The lowest BCUT2D eigenvalue weighted by molar-refractivity contribution is 0.605. The number of aromatic nitrogens is 1. The second-order valence-electron chi connectivity index (χ2n) is 5.02. The van der Waals surface area contributed by atoms with Gasteiger partial charge < -0.3 is 5.32 Å². The van der Waals surface area contributed by atoms with Crippen molar-refractivity contribution in [3.05, 3.63) is 36.5 Å². The molecular weight excluding hydrogens is 242 g/mol. The highest BCUT2D eigenvalue weighted by Gasteiger charge is 2.25. The van der Waals surface area contributed by atoms with Crippen LogP contribution in [0.25, 0.3) is 10.9 Å². The molecule has 0 unspecified atom stereocenters. The minimum atomic E-state index is 0.0375. The summed E-state index contributed by atoms with van der Waals surface area (Å²) in [6.45, 7) is 4.30. The van der Waals surface area contributed by atoms with Crippen LogP contribution in [0.2, 0.25) is 0 Å². The van der Waals surface area contributed by atoms with Crippen molar-refractivity contribution in [3.8, 4) is 0 Å². The first-order valence-corrected chi connectivity index (χ1v) is 6.96. The summed E-state index contributed by atoms with van der Waals surface area (Å²) in [5.74, 6) is 1.03. The smallest absolute Gasteiger partial charge is 0.161 e. The van der Waals surface area contributed by atoms with Crippen molar-refractivity contribution >= 4 is 33.5 Å². The van der Waals surface area contributed by atoms with Crippen molar-refractivity contribution in [2.24, 2.45) is 4.99 Å². The average molecular weight is 257 g/mol. The molecule has 0 aliphatic carbocycles. The van der Waals surface area contributed by atoms with Crippen LogP contribution < -0.4 is 5.32 Å². The predicted octanol–water partition coefficient (Wildman–Crippen LogP) is 3.53. The zero-order valence-electron chi connectivity index (χ0n) is 10.5. The Balaban J connectivity index is 1.96.